The predicted octanol–water partition coefficient (Wildman–Crippen LogP) is 3.25. The van der Waals surface area contributed by atoms with Crippen LogP contribution in [0.5, 0.6) is 5.75 Å². The van der Waals surface area contributed by atoms with Crippen molar-refractivity contribution in [1.82, 2.24) is 25.1 Å². The summed E-state index contributed by atoms with van der Waals surface area (Å²) in [7, 11) is 3.50. The number of piperidine rings is 1. The number of aryl methyl sites for hydroxylation is 1. The van der Waals surface area contributed by atoms with Gasteiger partial charge in [-0.25, -0.2) is 9.97 Å². The number of nitrogens with zero attached hydrogens (tertiary/aromatic N) is 4. The van der Waals surface area contributed by atoms with E-state index in [4.69, 9.17) is 9.84 Å². The minimum atomic E-state index is -0.292. The minimum absolute atomic E-state index is 0.0416. The zero-order chi connectivity index (χ0) is 22.6. The van der Waals surface area contributed by atoms with Gasteiger partial charge in [0.05, 0.1) is 29.4 Å². The Kier molecular flexibility index (Phi) is 4.45. The van der Waals surface area contributed by atoms with Gasteiger partial charge in [-0.15, -0.1) is 0 Å². The van der Waals surface area contributed by atoms with Crippen molar-refractivity contribution in [2.75, 3.05) is 25.5 Å². The molecule has 1 saturated heterocycles. The summed E-state index contributed by atoms with van der Waals surface area (Å²) in [5, 5.41) is 12.0. The fraction of sp³-hybridized carbons (Fsp3) is 0.280. The molecule has 1 aliphatic heterocycles. The first-order valence-electron chi connectivity index (χ1n) is 11.0. The van der Waals surface area contributed by atoms with E-state index in [2.05, 4.69) is 20.6 Å². The first kappa shape index (κ1) is 19.9. The highest BCUT2D eigenvalue weighted by Crippen LogP contribution is 2.55. The van der Waals surface area contributed by atoms with Crippen molar-refractivity contribution in [2.45, 2.75) is 6.42 Å². The van der Waals surface area contributed by atoms with Crippen LogP contribution in [0.15, 0.2) is 55.0 Å². The first-order valence-corrected chi connectivity index (χ1v) is 11.0. The molecule has 1 amide bonds. The molecule has 8 heteroatoms. The number of carbonyl (C=O) groups is 1. The first-order chi connectivity index (χ1) is 16.1. The Labute approximate surface area is 191 Å². The van der Waals surface area contributed by atoms with Gasteiger partial charge in [0.15, 0.2) is 0 Å². The lowest BCUT2D eigenvalue weighted by Crippen LogP contribution is -2.29. The standard InChI is InChI=1S/C25H24N6O2/c1-31-12-18(22(30-31)15-6-4-3-5-7-15)23-17-8-20(21(33-2)9-19(17)27-14-28-23)29-24(32)25-10-16(25)11-26-13-25/h3-9,12,14,16,26H,10-11,13H2,1-2H3,(H,29,32). The molecule has 4 aromatic rings. The Morgan fingerprint density at radius 1 is 1.21 bits per heavy atom. The maximum Gasteiger partial charge on any atom is 0.232 e. The largest absolute Gasteiger partial charge is 0.494 e. The zero-order valence-electron chi connectivity index (χ0n) is 18.5. The van der Waals surface area contributed by atoms with Crippen LogP contribution in [0, 0.1) is 11.3 Å². The van der Waals surface area contributed by atoms with Crippen LogP contribution < -0.4 is 15.4 Å². The Hall–Kier alpha value is -3.78. The fourth-order valence-electron chi connectivity index (χ4n) is 4.98. The van der Waals surface area contributed by atoms with Gasteiger partial charge >= 0.3 is 0 Å². The molecule has 2 aromatic heterocycles. The van der Waals surface area contributed by atoms with Crippen LogP contribution in [-0.2, 0) is 11.8 Å². The van der Waals surface area contributed by atoms with Crippen LogP contribution in [0.2, 0.25) is 0 Å². The van der Waals surface area contributed by atoms with Gasteiger partial charge < -0.3 is 15.4 Å². The van der Waals surface area contributed by atoms with Crippen LogP contribution in [0.1, 0.15) is 6.42 Å². The topological polar surface area (TPSA) is 94.0 Å². The van der Waals surface area contributed by atoms with Gasteiger partial charge in [-0.3, -0.25) is 9.48 Å². The van der Waals surface area contributed by atoms with Gasteiger partial charge in [-0.1, -0.05) is 30.3 Å². The molecule has 0 radical (unpaired) electrons. The number of nitrogens with one attached hydrogen (secondary N) is 2. The average molecular weight is 441 g/mol. The van der Waals surface area contributed by atoms with E-state index in [1.807, 2.05) is 55.7 Å². The monoisotopic (exact) mass is 440 g/mol. The summed E-state index contributed by atoms with van der Waals surface area (Å²) in [6.45, 7) is 1.63. The number of anilines is 1. The second kappa shape index (κ2) is 7.38. The van der Waals surface area contributed by atoms with E-state index >= 15 is 0 Å². The van der Waals surface area contributed by atoms with Crippen molar-refractivity contribution in [3.63, 3.8) is 0 Å². The van der Waals surface area contributed by atoms with E-state index in [1.165, 1.54) is 0 Å². The van der Waals surface area contributed by atoms with Crippen molar-refractivity contribution in [2.24, 2.45) is 18.4 Å². The number of fused-ring (bicyclic) bond motifs is 2. The van der Waals surface area contributed by atoms with Crippen LogP contribution in [-0.4, -0.2) is 45.9 Å². The zero-order valence-corrected chi connectivity index (χ0v) is 18.5. The number of hydrogen-bond acceptors (Lipinski definition) is 6. The number of methoxy groups -OCH3 is 1. The molecule has 2 N–H and O–H groups in total. The third kappa shape index (κ3) is 3.17. The Morgan fingerprint density at radius 3 is 2.79 bits per heavy atom. The highest BCUT2D eigenvalue weighted by Gasteiger charge is 2.62. The maximum absolute atomic E-state index is 13.1. The number of aromatic nitrogens is 4. The molecule has 2 aliphatic rings. The summed E-state index contributed by atoms with van der Waals surface area (Å²) in [6, 6.07) is 13.8. The molecule has 3 heterocycles. The molecule has 2 fully saturated rings. The molecule has 1 saturated carbocycles. The SMILES string of the molecule is COc1cc2ncnc(-c3cn(C)nc3-c3ccccc3)c2cc1NC(=O)C12CNCC1C2. The molecule has 0 bridgehead atoms. The maximum atomic E-state index is 13.1. The number of carbonyl (C=O) groups excluding carboxylic acids is 1. The van der Waals surface area contributed by atoms with Crippen molar-refractivity contribution in [1.29, 1.82) is 0 Å². The molecule has 33 heavy (non-hydrogen) atoms. The van der Waals surface area contributed by atoms with Gasteiger partial charge in [0, 0.05) is 42.4 Å². The van der Waals surface area contributed by atoms with Crippen LogP contribution in [0.4, 0.5) is 5.69 Å². The second-order valence-corrected chi connectivity index (χ2v) is 8.87. The number of hydrogen-bond donors (Lipinski definition) is 2. The van der Waals surface area contributed by atoms with Gasteiger partial charge in [0.2, 0.25) is 5.91 Å². The number of amides is 1. The van der Waals surface area contributed by atoms with Gasteiger partial charge in [0.1, 0.15) is 17.8 Å². The molecule has 2 unspecified atom stereocenters. The van der Waals surface area contributed by atoms with Crippen LogP contribution >= 0.6 is 0 Å². The van der Waals surface area contributed by atoms with E-state index in [-0.39, 0.29) is 11.3 Å². The molecular formula is C25H24N6O2. The average Bonchev–Trinajstić information content (AvgIpc) is 3.18. The number of ether oxygens (including phenoxy) is 1. The van der Waals surface area contributed by atoms with Gasteiger partial charge in [-0.2, -0.15) is 5.10 Å². The summed E-state index contributed by atoms with van der Waals surface area (Å²) < 4.78 is 7.39. The molecule has 1 aliphatic carbocycles. The van der Waals surface area contributed by atoms with E-state index in [1.54, 1.807) is 18.1 Å². The molecule has 166 valence electrons. The number of benzene rings is 2. The van der Waals surface area contributed by atoms with Crippen LogP contribution in [0.3, 0.4) is 0 Å². The summed E-state index contributed by atoms with van der Waals surface area (Å²) in [6.07, 6.45) is 4.45. The predicted molar refractivity (Wildman–Crippen MR) is 126 cm³/mol. The molecular weight excluding hydrogens is 416 g/mol. The van der Waals surface area contributed by atoms with E-state index in [9.17, 15) is 4.79 Å². The summed E-state index contributed by atoms with van der Waals surface area (Å²) in [5.74, 6) is 1.04. The highest BCUT2D eigenvalue weighted by molar-refractivity contribution is 6.04. The van der Waals surface area contributed by atoms with E-state index in [0.29, 0.717) is 17.4 Å². The normalized spacial score (nSPS) is 21.1. The van der Waals surface area contributed by atoms with Crippen molar-refractivity contribution >= 4 is 22.5 Å². The fourth-order valence-corrected chi connectivity index (χ4v) is 4.98. The van der Waals surface area contributed by atoms with E-state index in [0.717, 1.165) is 52.9 Å². The Bertz CT molecular complexity index is 1380. The Morgan fingerprint density at radius 2 is 2.06 bits per heavy atom. The highest BCUT2D eigenvalue weighted by atomic mass is 16.5. The third-order valence-electron chi connectivity index (χ3n) is 6.85. The van der Waals surface area contributed by atoms with Crippen molar-refractivity contribution in [3.05, 3.63) is 55.0 Å². The van der Waals surface area contributed by atoms with Crippen molar-refractivity contribution in [3.8, 4) is 28.3 Å². The quantitative estimate of drug-likeness (QED) is 0.495. The molecule has 2 aromatic carbocycles. The minimum Gasteiger partial charge on any atom is -0.494 e. The lowest BCUT2D eigenvalue weighted by atomic mass is 10.0. The van der Waals surface area contributed by atoms with Crippen molar-refractivity contribution < 1.29 is 9.53 Å². The summed E-state index contributed by atoms with van der Waals surface area (Å²) in [5.41, 5.74) is 4.59. The lowest BCUT2D eigenvalue weighted by molar-refractivity contribution is -0.120. The third-order valence-corrected chi connectivity index (χ3v) is 6.85. The molecule has 8 nitrogen and oxygen atoms in total. The van der Waals surface area contributed by atoms with Gasteiger partial charge in [-0.05, 0) is 24.9 Å². The number of rotatable bonds is 5. The van der Waals surface area contributed by atoms with Crippen LogP contribution in [0.25, 0.3) is 33.4 Å². The molecule has 0 spiro atoms. The summed E-state index contributed by atoms with van der Waals surface area (Å²) >= 11 is 0. The molecule has 2 atom stereocenters. The Balaban J connectivity index is 1.47. The molecule has 6 rings (SSSR count). The smallest absolute Gasteiger partial charge is 0.232 e. The summed E-state index contributed by atoms with van der Waals surface area (Å²) in [4.78, 5) is 22.2. The second-order valence-electron chi connectivity index (χ2n) is 8.87. The van der Waals surface area contributed by atoms with E-state index < -0.39 is 0 Å². The van der Waals surface area contributed by atoms with Gasteiger partial charge in [0.25, 0.3) is 0 Å². The lowest BCUT2D eigenvalue weighted by Gasteiger charge is -2.16.